The monoisotopic (exact) mass is 320 g/mol. The van der Waals surface area contributed by atoms with Gasteiger partial charge in [-0.15, -0.1) is 0 Å². The zero-order chi connectivity index (χ0) is 16.5. The van der Waals surface area contributed by atoms with Crippen LogP contribution in [0.1, 0.15) is 41.0 Å². The van der Waals surface area contributed by atoms with Gasteiger partial charge in [-0.1, -0.05) is 20.8 Å². The van der Waals surface area contributed by atoms with Crippen LogP contribution in [0.15, 0.2) is 4.99 Å². The summed E-state index contributed by atoms with van der Waals surface area (Å²) in [6.45, 7) is 12.7. The van der Waals surface area contributed by atoms with Crippen LogP contribution in [-0.2, 0) is 10.0 Å². The lowest BCUT2D eigenvalue weighted by atomic mass is 10.1. The summed E-state index contributed by atoms with van der Waals surface area (Å²) in [5, 5.41) is 6.56. The topological polar surface area (TPSA) is 73.8 Å². The summed E-state index contributed by atoms with van der Waals surface area (Å²) in [5.74, 6) is 1.32. The molecule has 21 heavy (non-hydrogen) atoms. The van der Waals surface area contributed by atoms with Crippen LogP contribution in [0.3, 0.4) is 0 Å². The van der Waals surface area contributed by atoms with E-state index in [-0.39, 0.29) is 0 Å². The summed E-state index contributed by atoms with van der Waals surface area (Å²) in [5.41, 5.74) is 0. The van der Waals surface area contributed by atoms with E-state index in [1.54, 1.807) is 0 Å². The Morgan fingerprint density at radius 3 is 2.29 bits per heavy atom. The van der Waals surface area contributed by atoms with Gasteiger partial charge in [0.15, 0.2) is 5.96 Å². The van der Waals surface area contributed by atoms with E-state index >= 15 is 0 Å². The van der Waals surface area contributed by atoms with Crippen LogP contribution in [0.4, 0.5) is 0 Å². The molecule has 0 aromatic rings. The van der Waals surface area contributed by atoms with Crippen molar-refractivity contribution in [1.82, 2.24) is 14.9 Å². The van der Waals surface area contributed by atoms with Crippen molar-refractivity contribution in [3.63, 3.8) is 0 Å². The highest BCUT2D eigenvalue weighted by molar-refractivity contribution is 7.88. The molecular weight excluding hydrogens is 288 g/mol. The molecule has 0 aromatic carbocycles. The van der Waals surface area contributed by atoms with Crippen molar-refractivity contribution in [2.24, 2.45) is 10.9 Å². The number of sulfonamides is 1. The van der Waals surface area contributed by atoms with Crippen molar-refractivity contribution in [1.29, 1.82) is 0 Å². The van der Waals surface area contributed by atoms with E-state index in [9.17, 15) is 8.42 Å². The minimum absolute atomic E-state index is 0.339. The first-order valence-electron chi connectivity index (χ1n) is 7.72. The standard InChI is InChI=1S/C14H32N4O2S/c1-7-15-14(17-13(5)12(3)4)16-10-9-11-18(8-2)21(6,19)20/h12-13H,7-11H2,1-6H3,(H2,15,16,17). The summed E-state index contributed by atoms with van der Waals surface area (Å²) in [4.78, 5) is 4.50. The Kier molecular flexibility index (Phi) is 9.61. The molecule has 7 heteroatoms. The molecule has 0 radical (unpaired) electrons. The molecule has 0 fully saturated rings. The fourth-order valence-corrected chi connectivity index (χ4v) is 2.63. The van der Waals surface area contributed by atoms with Gasteiger partial charge in [0.05, 0.1) is 6.26 Å². The van der Waals surface area contributed by atoms with Gasteiger partial charge in [-0.3, -0.25) is 4.99 Å². The van der Waals surface area contributed by atoms with Crippen LogP contribution in [-0.4, -0.2) is 57.2 Å². The van der Waals surface area contributed by atoms with E-state index in [1.807, 2.05) is 13.8 Å². The van der Waals surface area contributed by atoms with Crippen LogP contribution in [0.5, 0.6) is 0 Å². The second-order valence-corrected chi connectivity index (χ2v) is 7.53. The number of hydrogen-bond acceptors (Lipinski definition) is 3. The van der Waals surface area contributed by atoms with E-state index < -0.39 is 10.0 Å². The van der Waals surface area contributed by atoms with Gasteiger partial charge in [-0.2, -0.15) is 0 Å². The number of nitrogens with one attached hydrogen (secondary N) is 2. The lowest BCUT2D eigenvalue weighted by Gasteiger charge is -2.21. The first kappa shape index (κ1) is 20.2. The highest BCUT2D eigenvalue weighted by Gasteiger charge is 2.13. The lowest BCUT2D eigenvalue weighted by Crippen LogP contribution is -2.44. The van der Waals surface area contributed by atoms with Crippen LogP contribution in [0.2, 0.25) is 0 Å². The van der Waals surface area contributed by atoms with Gasteiger partial charge in [0, 0.05) is 32.2 Å². The fraction of sp³-hybridized carbons (Fsp3) is 0.929. The summed E-state index contributed by atoms with van der Waals surface area (Å²) in [7, 11) is -3.10. The van der Waals surface area contributed by atoms with Gasteiger partial charge >= 0.3 is 0 Å². The van der Waals surface area contributed by atoms with Gasteiger partial charge in [0.25, 0.3) is 0 Å². The maximum absolute atomic E-state index is 11.5. The molecule has 126 valence electrons. The zero-order valence-corrected chi connectivity index (χ0v) is 15.1. The number of rotatable bonds is 9. The second kappa shape index (κ2) is 10.00. The van der Waals surface area contributed by atoms with Crippen LogP contribution < -0.4 is 10.6 Å². The number of nitrogens with zero attached hydrogens (tertiary/aromatic N) is 2. The molecule has 0 aromatic heterocycles. The normalized spacial score (nSPS) is 14.6. The van der Waals surface area contributed by atoms with Gasteiger partial charge in [0.2, 0.25) is 10.0 Å². The lowest BCUT2D eigenvalue weighted by molar-refractivity contribution is 0.426. The molecule has 0 aliphatic carbocycles. The number of aliphatic imine (C=N–C) groups is 1. The average molecular weight is 321 g/mol. The Bertz CT molecular complexity index is 407. The molecule has 0 amide bonds. The molecule has 0 bridgehead atoms. The largest absolute Gasteiger partial charge is 0.357 e. The molecule has 2 N–H and O–H groups in total. The van der Waals surface area contributed by atoms with E-state index in [0.29, 0.717) is 38.0 Å². The predicted octanol–water partition coefficient (Wildman–Crippen LogP) is 1.26. The Labute approximate surface area is 130 Å². The third-order valence-corrected chi connectivity index (χ3v) is 4.74. The van der Waals surface area contributed by atoms with Gasteiger partial charge in [-0.05, 0) is 26.2 Å². The Hall–Kier alpha value is -0.820. The highest BCUT2D eigenvalue weighted by Crippen LogP contribution is 2.00. The van der Waals surface area contributed by atoms with Crippen LogP contribution in [0.25, 0.3) is 0 Å². The molecule has 0 spiro atoms. The number of guanidine groups is 1. The molecule has 0 aliphatic heterocycles. The van der Waals surface area contributed by atoms with E-state index in [2.05, 4.69) is 36.4 Å². The van der Waals surface area contributed by atoms with Crippen molar-refractivity contribution in [2.75, 3.05) is 32.4 Å². The maximum Gasteiger partial charge on any atom is 0.211 e. The Balaban J connectivity index is 4.39. The molecule has 0 saturated carbocycles. The summed E-state index contributed by atoms with van der Waals surface area (Å²) >= 11 is 0. The molecule has 0 rings (SSSR count). The third-order valence-electron chi connectivity index (χ3n) is 3.37. The van der Waals surface area contributed by atoms with Crippen molar-refractivity contribution >= 4 is 16.0 Å². The van der Waals surface area contributed by atoms with Crippen molar-refractivity contribution in [2.45, 2.75) is 47.1 Å². The zero-order valence-electron chi connectivity index (χ0n) is 14.3. The molecule has 1 unspecified atom stereocenters. The van der Waals surface area contributed by atoms with Gasteiger partial charge < -0.3 is 10.6 Å². The third kappa shape index (κ3) is 8.93. The quantitative estimate of drug-likeness (QED) is 0.381. The summed E-state index contributed by atoms with van der Waals surface area (Å²) in [6, 6.07) is 0.339. The average Bonchev–Trinajstić information content (AvgIpc) is 2.36. The van der Waals surface area contributed by atoms with E-state index in [0.717, 1.165) is 12.5 Å². The SMILES string of the molecule is CCNC(=NCCCN(CC)S(C)(=O)=O)NC(C)C(C)C. The Morgan fingerprint density at radius 1 is 1.24 bits per heavy atom. The van der Waals surface area contributed by atoms with Crippen molar-refractivity contribution < 1.29 is 8.42 Å². The van der Waals surface area contributed by atoms with Crippen molar-refractivity contribution in [3.8, 4) is 0 Å². The highest BCUT2D eigenvalue weighted by atomic mass is 32.2. The second-order valence-electron chi connectivity index (χ2n) is 5.55. The van der Waals surface area contributed by atoms with Gasteiger partial charge in [0.1, 0.15) is 0 Å². The fourth-order valence-electron chi connectivity index (χ4n) is 1.70. The molecule has 1 atom stereocenters. The van der Waals surface area contributed by atoms with Crippen molar-refractivity contribution in [3.05, 3.63) is 0 Å². The maximum atomic E-state index is 11.5. The molecule has 0 saturated heterocycles. The smallest absolute Gasteiger partial charge is 0.211 e. The minimum Gasteiger partial charge on any atom is -0.357 e. The molecule has 0 aliphatic rings. The summed E-state index contributed by atoms with van der Waals surface area (Å²) < 4.78 is 24.4. The number of hydrogen-bond donors (Lipinski definition) is 2. The van der Waals surface area contributed by atoms with E-state index in [4.69, 9.17) is 0 Å². The van der Waals surface area contributed by atoms with E-state index in [1.165, 1.54) is 10.6 Å². The first-order valence-corrected chi connectivity index (χ1v) is 9.57. The summed E-state index contributed by atoms with van der Waals surface area (Å²) in [6.07, 6.45) is 1.96. The first-order chi connectivity index (χ1) is 9.72. The predicted molar refractivity (Wildman–Crippen MR) is 90.1 cm³/mol. The molecular formula is C14H32N4O2S. The van der Waals surface area contributed by atoms with Crippen LogP contribution >= 0.6 is 0 Å². The van der Waals surface area contributed by atoms with Gasteiger partial charge in [-0.25, -0.2) is 12.7 Å². The molecule has 0 heterocycles. The Morgan fingerprint density at radius 2 is 1.86 bits per heavy atom. The van der Waals surface area contributed by atoms with Crippen LogP contribution in [0, 0.1) is 5.92 Å². The minimum atomic E-state index is -3.10. The molecule has 6 nitrogen and oxygen atoms in total.